The Kier molecular flexibility index (Phi) is 1.95. The zero-order chi connectivity index (χ0) is 10.2. The molecule has 0 amide bonds. The predicted molar refractivity (Wildman–Crippen MR) is 54.9 cm³/mol. The van der Waals surface area contributed by atoms with Gasteiger partial charge in [-0.2, -0.15) is 0 Å². The highest BCUT2D eigenvalue weighted by molar-refractivity contribution is 5.54. The summed E-state index contributed by atoms with van der Waals surface area (Å²) in [5, 5.41) is 0. The van der Waals surface area contributed by atoms with Gasteiger partial charge in [0.1, 0.15) is 0 Å². The Balaban J connectivity index is 2.36. The summed E-state index contributed by atoms with van der Waals surface area (Å²) in [4.78, 5) is 3.89. The van der Waals surface area contributed by atoms with E-state index in [-0.39, 0.29) is 5.54 Å². The smallest absolute Gasteiger partial charge is 0.181 e. The lowest BCUT2D eigenvalue weighted by atomic mass is 10.1. The highest BCUT2D eigenvalue weighted by atomic mass is 16.3. The van der Waals surface area contributed by atoms with Gasteiger partial charge in [-0.05, 0) is 26.8 Å². The second-order valence-corrected chi connectivity index (χ2v) is 4.34. The third-order valence-corrected chi connectivity index (χ3v) is 2.18. The number of aromatic nitrogens is 2. The van der Waals surface area contributed by atoms with E-state index in [1.54, 1.807) is 6.20 Å². The van der Waals surface area contributed by atoms with Crippen LogP contribution in [0.25, 0.3) is 11.3 Å². The Labute approximate surface area is 83.4 Å². The second-order valence-electron chi connectivity index (χ2n) is 4.34. The molecular weight excluding hydrogens is 176 g/mol. The van der Waals surface area contributed by atoms with E-state index in [2.05, 4.69) is 42.7 Å². The molecule has 0 spiro atoms. The van der Waals surface area contributed by atoms with Crippen molar-refractivity contribution in [1.29, 1.82) is 0 Å². The first-order valence-electron chi connectivity index (χ1n) is 4.65. The topological polar surface area (TPSA) is 31.0 Å². The molecule has 14 heavy (non-hydrogen) atoms. The van der Waals surface area contributed by atoms with Crippen LogP contribution >= 0.6 is 0 Å². The normalized spacial score (nSPS) is 11.9. The first kappa shape index (κ1) is 9.06. The molecule has 0 saturated heterocycles. The van der Waals surface area contributed by atoms with Gasteiger partial charge in [0.25, 0.3) is 0 Å². The molecule has 0 atom stereocenters. The first-order valence-corrected chi connectivity index (χ1v) is 4.65. The summed E-state index contributed by atoms with van der Waals surface area (Å²) in [7, 11) is 0. The maximum absolute atomic E-state index is 5.22. The molecule has 0 unspecified atom stereocenters. The molecule has 2 rings (SSSR count). The van der Waals surface area contributed by atoms with Gasteiger partial charge in [0, 0.05) is 23.5 Å². The minimum Gasteiger partial charge on any atom is -0.443 e. The van der Waals surface area contributed by atoms with Crippen LogP contribution in [0, 0.1) is 0 Å². The molecule has 0 aliphatic rings. The van der Waals surface area contributed by atoms with Gasteiger partial charge >= 0.3 is 0 Å². The summed E-state index contributed by atoms with van der Waals surface area (Å²) in [5.74, 6) is 0.813. The lowest BCUT2D eigenvalue weighted by molar-refractivity contribution is 0.398. The van der Waals surface area contributed by atoms with E-state index in [0.29, 0.717) is 0 Å². The van der Waals surface area contributed by atoms with Crippen molar-refractivity contribution >= 4 is 0 Å². The van der Waals surface area contributed by atoms with E-state index < -0.39 is 0 Å². The van der Waals surface area contributed by atoms with Gasteiger partial charge in [0.05, 0.1) is 6.20 Å². The monoisotopic (exact) mass is 190 g/mol. The van der Waals surface area contributed by atoms with Crippen molar-refractivity contribution < 1.29 is 4.42 Å². The van der Waals surface area contributed by atoms with Gasteiger partial charge in [-0.15, -0.1) is 0 Å². The maximum atomic E-state index is 5.22. The molecule has 0 N–H and O–H groups in total. The Morgan fingerprint density at radius 1 is 1.36 bits per heavy atom. The first-order chi connectivity index (χ1) is 6.57. The van der Waals surface area contributed by atoms with Crippen LogP contribution < -0.4 is 0 Å². The van der Waals surface area contributed by atoms with Crippen LogP contribution in [-0.4, -0.2) is 9.55 Å². The zero-order valence-electron chi connectivity index (χ0n) is 8.69. The molecular formula is C11H14N2O. The third-order valence-electron chi connectivity index (χ3n) is 2.18. The highest BCUT2D eigenvalue weighted by Crippen LogP contribution is 2.22. The quantitative estimate of drug-likeness (QED) is 0.692. The zero-order valence-corrected chi connectivity index (χ0v) is 8.69. The minimum absolute atomic E-state index is 0.109. The van der Waals surface area contributed by atoms with Crippen molar-refractivity contribution in [3.8, 4) is 11.3 Å². The van der Waals surface area contributed by atoms with Gasteiger partial charge in [-0.3, -0.25) is 0 Å². The molecule has 0 saturated carbocycles. The van der Waals surface area contributed by atoms with Crippen molar-refractivity contribution in [3.63, 3.8) is 0 Å². The lowest BCUT2D eigenvalue weighted by Crippen LogP contribution is -2.19. The van der Waals surface area contributed by atoms with Crippen molar-refractivity contribution in [3.05, 3.63) is 31.1 Å². The van der Waals surface area contributed by atoms with E-state index in [4.69, 9.17) is 4.42 Å². The van der Waals surface area contributed by atoms with E-state index in [0.717, 1.165) is 11.3 Å². The number of nitrogens with zero attached hydrogens (tertiary/aromatic N) is 2. The van der Waals surface area contributed by atoms with Crippen LogP contribution in [0.1, 0.15) is 20.8 Å². The molecule has 0 aliphatic heterocycles. The van der Waals surface area contributed by atoms with Crippen molar-refractivity contribution in [2.75, 3.05) is 0 Å². The summed E-state index contributed by atoms with van der Waals surface area (Å²) >= 11 is 0. The average Bonchev–Trinajstić information content (AvgIpc) is 2.73. The van der Waals surface area contributed by atoms with Crippen molar-refractivity contribution in [2.45, 2.75) is 26.3 Å². The molecule has 0 aromatic carbocycles. The molecule has 74 valence electrons. The number of rotatable bonds is 1. The molecule has 2 heterocycles. The predicted octanol–water partition coefficient (Wildman–Crippen LogP) is 2.90. The summed E-state index contributed by atoms with van der Waals surface area (Å²) < 4.78 is 7.38. The van der Waals surface area contributed by atoms with Crippen LogP contribution in [0.15, 0.2) is 35.5 Å². The fourth-order valence-electron chi connectivity index (χ4n) is 1.32. The van der Waals surface area contributed by atoms with Gasteiger partial charge in [0.2, 0.25) is 0 Å². The van der Waals surface area contributed by atoms with Gasteiger partial charge in [-0.1, -0.05) is 0 Å². The number of oxazole rings is 1. The Hall–Kier alpha value is -1.51. The average molecular weight is 190 g/mol. The third kappa shape index (κ3) is 1.58. The Morgan fingerprint density at radius 3 is 2.64 bits per heavy atom. The van der Waals surface area contributed by atoms with Crippen molar-refractivity contribution in [1.82, 2.24) is 9.55 Å². The highest BCUT2D eigenvalue weighted by Gasteiger charge is 2.13. The van der Waals surface area contributed by atoms with E-state index in [1.807, 2.05) is 6.07 Å². The van der Waals surface area contributed by atoms with Crippen LogP contribution in [0.4, 0.5) is 0 Å². The summed E-state index contributed by atoms with van der Waals surface area (Å²) in [6, 6.07) is 2.03. The molecule has 3 heteroatoms. The van der Waals surface area contributed by atoms with Crippen LogP contribution in [0.2, 0.25) is 0 Å². The molecule has 3 nitrogen and oxygen atoms in total. The van der Waals surface area contributed by atoms with E-state index in [9.17, 15) is 0 Å². The summed E-state index contributed by atoms with van der Waals surface area (Å²) in [5.41, 5.74) is 1.18. The van der Waals surface area contributed by atoms with Gasteiger partial charge < -0.3 is 8.98 Å². The fraction of sp³-hybridized carbons (Fsp3) is 0.364. The van der Waals surface area contributed by atoms with E-state index in [1.165, 1.54) is 6.39 Å². The van der Waals surface area contributed by atoms with Gasteiger partial charge in [0.15, 0.2) is 12.2 Å². The molecule has 0 bridgehead atoms. The fourth-order valence-corrected chi connectivity index (χ4v) is 1.32. The summed E-state index contributed by atoms with van der Waals surface area (Å²) in [6.45, 7) is 6.49. The van der Waals surface area contributed by atoms with Crippen molar-refractivity contribution in [2.24, 2.45) is 0 Å². The molecule has 0 fully saturated rings. The lowest BCUT2D eigenvalue weighted by Gasteiger charge is -2.20. The Bertz CT molecular complexity index is 407. The molecule has 0 radical (unpaired) electrons. The number of hydrogen-bond donors (Lipinski definition) is 0. The largest absolute Gasteiger partial charge is 0.443 e. The Morgan fingerprint density at radius 2 is 2.14 bits per heavy atom. The molecule has 0 aliphatic carbocycles. The summed E-state index contributed by atoms with van der Waals surface area (Å²) in [6.07, 6.45) is 7.30. The second kappa shape index (κ2) is 3.01. The minimum atomic E-state index is 0.109. The van der Waals surface area contributed by atoms with Crippen LogP contribution in [0.3, 0.4) is 0 Å². The number of hydrogen-bond acceptors (Lipinski definition) is 2. The SMILES string of the molecule is CC(C)(C)n1ccc(-c2cnco2)c1. The van der Waals surface area contributed by atoms with Crippen LogP contribution in [-0.2, 0) is 5.54 Å². The molecule has 2 aromatic heterocycles. The van der Waals surface area contributed by atoms with Crippen LogP contribution in [0.5, 0.6) is 0 Å². The van der Waals surface area contributed by atoms with Gasteiger partial charge in [-0.25, -0.2) is 4.98 Å². The maximum Gasteiger partial charge on any atom is 0.181 e. The van der Waals surface area contributed by atoms with E-state index >= 15 is 0 Å². The standard InChI is InChI=1S/C11H14N2O/c1-11(2,3)13-5-4-9(7-13)10-6-12-8-14-10/h4-8H,1-3H3. The molecule has 2 aromatic rings.